The van der Waals surface area contributed by atoms with Gasteiger partial charge in [0.25, 0.3) is 0 Å². The summed E-state index contributed by atoms with van der Waals surface area (Å²) in [5.41, 5.74) is 2.37. The molecule has 0 N–H and O–H groups in total. The van der Waals surface area contributed by atoms with Gasteiger partial charge in [-0.3, -0.25) is 4.79 Å². The summed E-state index contributed by atoms with van der Waals surface area (Å²) in [6.45, 7) is 8.04. The lowest BCUT2D eigenvalue weighted by molar-refractivity contribution is -0.137. The first-order chi connectivity index (χ1) is 9.91. The molecule has 0 radical (unpaired) electrons. The lowest BCUT2D eigenvalue weighted by Crippen LogP contribution is -2.19. The summed E-state index contributed by atoms with van der Waals surface area (Å²) in [4.78, 5) is 11.6. The fourth-order valence-corrected chi connectivity index (χ4v) is 2.20. The van der Waals surface area contributed by atoms with Gasteiger partial charge < -0.3 is 4.74 Å². The second kappa shape index (κ2) is 7.26. The smallest absolute Gasteiger partial charge is 0.313 e. The zero-order valence-corrected chi connectivity index (χ0v) is 13.1. The monoisotopic (exact) mass is 298 g/mol. The van der Waals surface area contributed by atoms with Gasteiger partial charge in [-0.2, -0.15) is 0 Å². The molecule has 0 unspecified atom stereocenters. The third kappa shape index (κ3) is 3.97. The molecule has 0 aliphatic carbocycles. The second-order valence-electron chi connectivity index (χ2n) is 6.09. The van der Waals surface area contributed by atoms with Gasteiger partial charge in [0.2, 0.25) is 0 Å². The Morgan fingerprint density at radius 2 is 1.41 bits per heavy atom. The van der Waals surface area contributed by atoms with Crippen LogP contribution in [0.4, 0.5) is 0 Å². The van der Waals surface area contributed by atoms with Crippen LogP contribution in [0.1, 0.15) is 46.2 Å². The summed E-state index contributed by atoms with van der Waals surface area (Å²) < 4.78 is 5.31. The predicted octanol–water partition coefficient (Wildman–Crippen LogP) is 5.21. The number of carbonyl (C=O) groups excluding carboxylic acids is 1. The van der Waals surface area contributed by atoms with Gasteiger partial charge in [-0.25, -0.2) is 0 Å². The van der Waals surface area contributed by atoms with Crippen LogP contribution in [0.2, 0.25) is 0 Å². The Morgan fingerprint density at radius 1 is 0.909 bits per heavy atom. The van der Waals surface area contributed by atoms with Crippen LogP contribution >= 0.6 is 0 Å². The van der Waals surface area contributed by atoms with Gasteiger partial charge in [-0.15, -0.1) is 0 Å². The first kappa shape index (κ1) is 18.0. The highest BCUT2D eigenvalue weighted by molar-refractivity contribution is 5.74. The van der Waals surface area contributed by atoms with Gasteiger partial charge in [0, 0.05) is 5.41 Å². The summed E-state index contributed by atoms with van der Waals surface area (Å²) in [6.07, 6.45) is 0. The highest BCUT2D eigenvalue weighted by Gasteiger charge is 2.22. The van der Waals surface area contributed by atoms with Crippen molar-refractivity contribution in [3.8, 4) is 5.75 Å². The molecule has 2 aromatic carbocycles. The van der Waals surface area contributed by atoms with Gasteiger partial charge in [-0.05, 0) is 23.3 Å². The van der Waals surface area contributed by atoms with Crippen LogP contribution in [0.5, 0.6) is 5.75 Å². The minimum atomic E-state index is -0.204. The zero-order chi connectivity index (χ0) is 15.5. The molecule has 2 heteroatoms. The molecule has 0 fully saturated rings. The van der Waals surface area contributed by atoms with E-state index in [9.17, 15) is 4.79 Å². The molecule has 0 spiro atoms. The van der Waals surface area contributed by atoms with Crippen LogP contribution in [-0.4, -0.2) is 5.97 Å². The van der Waals surface area contributed by atoms with Gasteiger partial charge in [0.1, 0.15) is 5.75 Å². The minimum Gasteiger partial charge on any atom is -0.426 e. The second-order valence-corrected chi connectivity index (χ2v) is 6.09. The van der Waals surface area contributed by atoms with Gasteiger partial charge in [-0.1, -0.05) is 77.6 Å². The molecule has 0 bridgehead atoms. The van der Waals surface area contributed by atoms with E-state index in [1.54, 1.807) is 0 Å². The van der Waals surface area contributed by atoms with E-state index in [0.29, 0.717) is 5.75 Å². The van der Waals surface area contributed by atoms with Crippen LogP contribution in [0, 0.1) is 5.92 Å². The summed E-state index contributed by atoms with van der Waals surface area (Å²) >= 11 is 0. The van der Waals surface area contributed by atoms with Crippen molar-refractivity contribution >= 4 is 5.97 Å². The van der Waals surface area contributed by atoms with Crippen molar-refractivity contribution in [3.63, 3.8) is 0 Å². The summed E-state index contributed by atoms with van der Waals surface area (Å²) in [6, 6.07) is 18.2. The molecule has 0 aliphatic heterocycles. The largest absolute Gasteiger partial charge is 0.426 e. The van der Waals surface area contributed by atoms with Gasteiger partial charge in [0.05, 0.1) is 5.92 Å². The van der Waals surface area contributed by atoms with E-state index < -0.39 is 0 Å². The molecule has 0 atom stereocenters. The lowest BCUT2D eigenvalue weighted by atomic mass is 9.78. The van der Waals surface area contributed by atoms with E-state index in [0.717, 1.165) is 0 Å². The summed E-state index contributed by atoms with van der Waals surface area (Å²) in [5, 5.41) is 0. The molecule has 0 amide bonds. The number of benzene rings is 2. The molecule has 0 aliphatic rings. The third-order valence-electron chi connectivity index (χ3n) is 3.76. The SMILES string of the molecule is C.CC(C)C(=O)Oc1ccc(C(C)(C)c2ccccc2)cc1. The van der Waals surface area contributed by atoms with E-state index in [4.69, 9.17) is 4.74 Å². The Labute approximate surface area is 134 Å². The first-order valence-corrected chi connectivity index (χ1v) is 7.29. The van der Waals surface area contributed by atoms with Crippen LogP contribution in [0.15, 0.2) is 54.6 Å². The number of hydrogen-bond donors (Lipinski definition) is 0. The molecule has 2 nitrogen and oxygen atoms in total. The maximum absolute atomic E-state index is 11.6. The molecule has 22 heavy (non-hydrogen) atoms. The van der Waals surface area contributed by atoms with Crippen molar-refractivity contribution in [2.24, 2.45) is 5.92 Å². The van der Waals surface area contributed by atoms with E-state index in [2.05, 4.69) is 38.1 Å². The molecule has 0 saturated carbocycles. The molecule has 2 rings (SSSR count). The van der Waals surface area contributed by atoms with Crippen LogP contribution < -0.4 is 4.74 Å². The fourth-order valence-electron chi connectivity index (χ4n) is 2.20. The van der Waals surface area contributed by atoms with Crippen LogP contribution in [0.25, 0.3) is 0 Å². The Balaban J connectivity index is 0.00000242. The van der Waals surface area contributed by atoms with Crippen molar-refractivity contribution < 1.29 is 9.53 Å². The van der Waals surface area contributed by atoms with E-state index in [-0.39, 0.29) is 24.7 Å². The lowest BCUT2D eigenvalue weighted by Gasteiger charge is -2.26. The summed E-state index contributed by atoms with van der Waals surface area (Å²) in [5.74, 6) is 0.275. The van der Waals surface area contributed by atoms with E-state index in [1.807, 2.05) is 44.2 Å². The average Bonchev–Trinajstić information content (AvgIpc) is 2.48. The van der Waals surface area contributed by atoms with Crippen molar-refractivity contribution in [1.82, 2.24) is 0 Å². The number of esters is 1. The molecule has 118 valence electrons. The van der Waals surface area contributed by atoms with Gasteiger partial charge in [0.15, 0.2) is 0 Å². The molecule has 0 saturated heterocycles. The number of carbonyl (C=O) groups is 1. The molecule has 0 heterocycles. The Kier molecular flexibility index (Phi) is 5.92. The fraction of sp³-hybridized carbons (Fsp3) is 0.350. The maximum atomic E-state index is 11.6. The Morgan fingerprint density at radius 3 is 1.91 bits per heavy atom. The summed E-state index contributed by atoms with van der Waals surface area (Å²) in [7, 11) is 0. The topological polar surface area (TPSA) is 26.3 Å². The first-order valence-electron chi connectivity index (χ1n) is 7.29. The van der Waals surface area contributed by atoms with Crippen molar-refractivity contribution in [2.45, 2.75) is 40.5 Å². The normalized spacial score (nSPS) is 11.0. The van der Waals surface area contributed by atoms with E-state index >= 15 is 0 Å². The molecular weight excluding hydrogens is 272 g/mol. The average molecular weight is 298 g/mol. The number of ether oxygens (including phenoxy) is 1. The Bertz CT molecular complexity index is 595. The standard InChI is InChI=1S/C19H22O2.CH4/c1-14(2)18(20)21-17-12-10-16(11-13-17)19(3,4)15-8-6-5-7-9-15;/h5-14H,1-4H3;1H4. The Hall–Kier alpha value is -2.09. The molecular formula is C20H26O2. The predicted molar refractivity (Wildman–Crippen MR) is 92.2 cm³/mol. The van der Waals surface area contributed by atoms with Crippen molar-refractivity contribution in [1.29, 1.82) is 0 Å². The van der Waals surface area contributed by atoms with Crippen molar-refractivity contribution in [3.05, 3.63) is 65.7 Å². The number of hydrogen-bond acceptors (Lipinski definition) is 2. The highest BCUT2D eigenvalue weighted by Crippen LogP contribution is 2.32. The van der Waals surface area contributed by atoms with Crippen molar-refractivity contribution in [2.75, 3.05) is 0 Å². The molecule has 0 aromatic heterocycles. The van der Waals surface area contributed by atoms with Crippen LogP contribution in [-0.2, 0) is 10.2 Å². The zero-order valence-electron chi connectivity index (χ0n) is 13.1. The third-order valence-corrected chi connectivity index (χ3v) is 3.76. The van der Waals surface area contributed by atoms with Crippen LogP contribution in [0.3, 0.4) is 0 Å². The highest BCUT2D eigenvalue weighted by atomic mass is 16.5. The van der Waals surface area contributed by atoms with Gasteiger partial charge >= 0.3 is 5.97 Å². The quantitative estimate of drug-likeness (QED) is 0.572. The number of rotatable bonds is 4. The molecule has 2 aromatic rings. The minimum absolute atomic E-state index is 0. The maximum Gasteiger partial charge on any atom is 0.313 e. The van der Waals surface area contributed by atoms with E-state index in [1.165, 1.54) is 11.1 Å².